The van der Waals surface area contributed by atoms with Crippen molar-refractivity contribution in [3.8, 4) is 5.75 Å². The van der Waals surface area contributed by atoms with E-state index < -0.39 is 9.84 Å². The minimum atomic E-state index is -3.19. The zero-order valence-electron chi connectivity index (χ0n) is 22.1. The third-order valence-corrected chi connectivity index (χ3v) is 9.45. The standard InChI is InChI=1S/C28H39N3O4S/c1-20-7-6-8-25(32)26(20)27(33)29-15-13-28(4,14-16-29)30-17-18-31(21(2)19-30)22(3)23-9-11-24(12-10-23)36(5,34)35/h6-12,21-22,32H,13-19H2,1-5H3/t21-,22-/m0/s1. The molecule has 2 aromatic carbocycles. The van der Waals surface area contributed by atoms with E-state index in [9.17, 15) is 18.3 Å². The van der Waals surface area contributed by atoms with Crippen LogP contribution in [-0.2, 0) is 9.84 Å². The van der Waals surface area contributed by atoms with Crippen molar-refractivity contribution >= 4 is 15.7 Å². The normalized spacial score (nSPS) is 22.4. The summed E-state index contributed by atoms with van der Waals surface area (Å²) in [7, 11) is -3.19. The Morgan fingerprint density at radius 3 is 2.25 bits per heavy atom. The van der Waals surface area contributed by atoms with E-state index in [4.69, 9.17) is 0 Å². The molecule has 8 heteroatoms. The first-order chi connectivity index (χ1) is 16.9. The molecular formula is C28H39N3O4S. The lowest BCUT2D eigenvalue weighted by Gasteiger charge is -2.52. The minimum Gasteiger partial charge on any atom is -0.507 e. The van der Waals surface area contributed by atoms with Crippen molar-refractivity contribution < 1.29 is 18.3 Å². The van der Waals surface area contributed by atoms with Crippen molar-refractivity contribution in [3.05, 3.63) is 59.2 Å². The van der Waals surface area contributed by atoms with E-state index in [1.54, 1.807) is 24.3 Å². The first kappa shape index (κ1) is 26.6. The summed E-state index contributed by atoms with van der Waals surface area (Å²) in [6.07, 6.45) is 3.04. The number of hydrogen-bond acceptors (Lipinski definition) is 6. The van der Waals surface area contributed by atoms with Crippen molar-refractivity contribution in [3.63, 3.8) is 0 Å². The van der Waals surface area contributed by atoms with E-state index in [1.165, 1.54) is 6.26 Å². The second-order valence-electron chi connectivity index (χ2n) is 10.8. The van der Waals surface area contributed by atoms with Gasteiger partial charge < -0.3 is 10.0 Å². The molecular weight excluding hydrogens is 474 g/mol. The highest BCUT2D eigenvalue weighted by molar-refractivity contribution is 7.90. The largest absolute Gasteiger partial charge is 0.507 e. The van der Waals surface area contributed by atoms with Crippen molar-refractivity contribution in [2.45, 2.75) is 63.1 Å². The number of amides is 1. The van der Waals surface area contributed by atoms with Gasteiger partial charge in [-0.3, -0.25) is 14.6 Å². The van der Waals surface area contributed by atoms with Crippen LogP contribution in [0.1, 0.15) is 61.1 Å². The highest BCUT2D eigenvalue weighted by atomic mass is 32.2. The van der Waals surface area contributed by atoms with Gasteiger partial charge in [-0.05, 0) is 69.9 Å². The molecule has 196 valence electrons. The number of carbonyl (C=O) groups excluding carboxylic acids is 1. The van der Waals surface area contributed by atoms with E-state index in [0.717, 1.165) is 43.6 Å². The van der Waals surface area contributed by atoms with Gasteiger partial charge in [0, 0.05) is 56.6 Å². The maximum absolute atomic E-state index is 13.1. The molecule has 2 saturated heterocycles. The van der Waals surface area contributed by atoms with E-state index in [0.29, 0.717) is 29.6 Å². The summed E-state index contributed by atoms with van der Waals surface area (Å²) in [5.74, 6) is -0.0279. The van der Waals surface area contributed by atoms with Crippen LogP contribution in [0.2, 0.25) is 0 Å². The Labute approximate surface area is 215 Å². The fraction of sp³-hybridized carbons (Fsp3) is 0.536. The van der Waals surface area contributed by atoms with Crippen LogP contribution in [0.5, 0.6) is 5.75 Å². The van der Waals surface area contributed by atoms with Gasteiger partial charge in [0.2, 0.25) is 0 Å². The van der Waals surface area contributed by atoms with Gasteiger partial charge in [0.05, 0.1) is 10.5 Å². The number of likely N-dealkylation sites (tertiary alicyclic amines) is 1. The summed E-state index contributed by atoms with van der Waals surface area (Å²) >= 11 is 0. The summed E-state index contributed by atoms with van der Waals surface area (Å²) < 4.78 is 23.6. The van der Waals surface area contributed by atoms with Crippen LogP contribution in [0.15, 0.2) is 47.4 Å². The molecule has 1 amide bonds. The molecule has 0 spiro atoms. The van der Waals surface area contributed by atoms with Crippen LogP contribution in [0, 0.1) is 6.92 Å². The third kappa shape index (κ3) is 5.31. The van der Waals surface area contributed by atoms with Crippen LogP contribution in [0.4, 0.5) is 0 Å². The Kier molecular flexibility index (Phi) is 7.51. The number of aryl methyl sites for hydroxylation is 1. The van der Waals surface area contributed by atoms with Gasteiger partial charge in [-0.1, -0.05) is 24.3 Å². The monoisotopic (exact) mass is 513 g/mol. The predicted octanol–water partition coefficient (Wildman–Crippen LogP) is 3.87. The summed E-state index contributed by atoms with van der Waals surface area (Å²) in [4.78, 5) is 20.4. The summed E-state index contributed by atoms with van der Waals surface area (Å²) in [6, 6.07) is 13.0. The van der Waals surface area contributed by atoms with Gasteiger partial charge in [0.25, 0.3) is 5.91 Å². The summed E-state index contributed by atoms with van der Waals surface area (Å²) in [5.41, 5.74) is 2.38. The molecule has 0 saturated carbocycles. The van der Waals surface area contributed by atoms with Crippen molar-refractivity contribution in [1.82, 2.24) is 14.7 Å². The maximum atomic E-state index is 13.1. The van der Waals surface area contributed by atoms with Gasteiger partial charge >= 0.3 is 0 Å². The number of hydrogen-bond donors (Lipinski definition) is 1. The molecule has 7 nitrogen and oxygen atoms in total. The Balaban J connectivity index is 1.37. The van der Waals surface area contributed by atoms with Gasteiger partial charge in [-0.15, -0.1) is 0 Å². The number of carbonyl (C=O) groups is 1. The molecule has 1 N–H and O–H groups in total. The number of piperidine rings is 1. The lowest BCUT2D eigenvalue weighted by atomic mass is 9.86. The zero-order chi connectivity index (χ0) is 26.3. The molecule has 2 aromatic rings. The number of aromatic hydroxyl groups is 1. The quantitative estimate of drug-likeness (QED) is 0.654. The number of benzene rings is 2. The number of phenolic OH excluding ortho intramolecular Hbond substituents is 1. The molecule has 2 heterocycles. The molecule has 0 bridgehead atoms. The lowest BCUT2D eigenvalue weighted by molar-refractivity contribution is -0.0278. The van der Waals surface area contributed by atoms with Crippen LogP contribution in [0.3, 0.4) is 0 Å². The van der Waals surface area contributed by atoms with Gasteiger partial charge in [0.15, 0.2) is 9.84 Å². The Morgan fingerprint density at radius 2 is 1.69 bits per heavy atom. The average molecular weight is 514 g/mol. The van der Waals surface area contributed by atoms with Gasteiger partial charge in [0.1, 0.15) is 5.75 Å². The topological polar surface area (TPSA) is 81.2 Å². The first-order valence-corrected chi connectivity index (χ1v) is 14.7. The molecule has 36 heavy (non-hydrogen) atoms. The fourth-order valence-electron chi connectivity index (χ4n) is 5.82. The maximum Gasteiger partial charge on any atom is 0.257 e. The molecule has 0 aromatic heterocycles. The van der Waals surface area contributed by atoms with Crippen LogP contribution in [-0.4, -0.2) is 84.7 Å². The lowest BCUT2D eigenvalue weighted by Crippen LogP contribution is -2.62. The van der Waals surface area contributed by atoms with E-state index in [1.807, 2.05) is 30.0 Å². The number of piperazine rings is 1. The van der Waals surface area contributed by atoms with Crippen molar-refractivity contribution in [2.24, 2.45) is 0 Å². The highest BCUT2D eigenvalue weighted by Crippen LogP contribution is 2.34. The molecule has 4 rings (SSSR count). The van der Waals surface area contributed by atoms with Crippen LogP contribution in [0.25, 0.3) is 0 Å². The summed E-state index contributed by atoms with van der Waals surface area (Å²) in [5, 5.41) is 10.2. The summed E-state index contributed by atoms with van der Waals surface area (Å²) in [6.45, 7) is 12.8. The predicted molar refractivity (Wildman–Crippen MR) is 142 cm³/mol. The van der Waals surface area contributed by atoms with Gasteiger partial charge in [-0.2, -0.15) is 0 Å². The van der Waals surface area contributed by atoms with Crippen LogP contribution >= 0.6 is 0 Å². The molecule has 2 atom stereocenters. The fourth-order valence-corrected chi connectivity index (χ4v) is 6.45. The second-order valence-corrected chi connectivity index (χ2v) is 12.8. The Morgan fingerprint density at radius 1 is 1.06 bits per heavy atom. The molecule has 2 aliphatic rings. The van der Waals surface area contributed by atoms with E-state index in [2.05, 4.69) is 30.6 Å². The van der Waals surface area contributed by atoms with Gasteiger partial charge in [-0.25, -0.2) is 8.42 Å². The molecule has 0 radical (unpaired) electrons. The number of nitrogens with zero attached hydrogens (tertiary/aromatic N) is 3. The Hall–Kier alpha value is -2.42. The highest BCUT2D eigenvalue weighted by Gasteiger charge is 2.41. The van der Waals surface area contributed by atoms with Crippen molar-refractivity contribution in [2.75, 3.05) is 39.0 Å². The van der Waals surface area contributed by atoms with E-state index >= 15 is 0 Å². The molecule has 0 aliphatic carbocycles. The number of sulfone groups is 1. The van der Waals surface area contributed by atoms with E-state index in [-0.39, 0.29) is 23.2 Å². The molecule has 2 fully saturated rings. The number of rotatable bonds is 5. The number of phenols is 1. The third-order valence-electron chi connectivity index (χ3n) is 8.32. The SMILES string of the molecule is Cc1cccc(O)c1C(=O)N1CCC(C)(N2CCN([C@@H](C)c3ccc(S(C)(=O)=O)cc3)[C@@H](C)C2)CC1. The Bertz CT molecular complexity index is 1180. The second kappa shape index (κ2) is 10.1. The van der Waals surface area contributed by atoms with Crippen LogP contribution < -0.4 is 0 Å². The minimum absolute atomic E-state index is 0.0330. The molecule has 2 aliphatic heterocycles. The first-order valence-electron chi connectivity index (χ1n) is 12.8. The smallest absolute Gasteiger partial charge is 0.257 e. The average Bonchev–Trinajstić information content (AvgIpc) is 2.83. The molecule has 0 unspecified atom stereocenters. The zero-order valence-corrected chi connectivity index (χ0v) is 22.9. The van der Waals surface area contributed by atoms with Crippen molar-refractivity contribution in [1.29, 1.82) is 0 Å².